The summed E-state index contributed by atoms with van der Waals surface area (Å²) in [6.07, 6.45) is 0. The molecule has 0 radical (unpaired) electrons. The maximum Gasteiger partial charge on any atom is 0.191 e. The maximum atomic E-state index is 5.13. The molecule has 18 heavy (non-hydrogen) atoms. The first-order valence-electron chi connectivity index (χ1n) is 6.19. The van der Waals surface area contributed by atoms with Gasteiger partial charge in [0.15, 0.2) is 5.96 Å². The molecule has 100 valence electrons. The molecule has 1 rings (SSSR count). The Hall–Kier alpha value is -1.55. The summed E-state index contributed by atoms with van der Waals surface area (Å²) in [7, 11) is 3.48. The first kappa shape index (κ1) is 14.5. The van der Waals surface area contributed by atoms with Crippen molar-refractivity contribution < 1.29 is 4.74 Å². The van der Waals surface area contributed by atoms with Crippen LogP contribution in [0, 0.1) is 0 Å². The van der Waals surface area contributed by atoms with E-state index >= 15 is 0 Å². The number of guanidine groups is 1. The quantitative estimate of drug-likeness (QED) is 0.619. The van der Waals surface area contributed by atoms with Gasteiger partial charge in [-0.25, -0.2) is 0 Å². The van der Waals surface area contributed by atoms with Crippen LogP contribution in [-0.4, -0.2) is 26.2 Å². The number of ether oxygens (including phenoxy) is 1. The highest BCUT2D eigenvalue weighted by molar-refractivity contribution is 5.79. The second-order valence-electron chi connectivity index (χ2n) is 4.48. The number of hydrogen-bond acceptors (Lipinski definition) is 2. The number of rotatable bonds is 5. The smallest absolute Gasteiger partial charge is 0.191 e. The Bertz CT molecular complexity index is 388. The predicted molar refractivity (Wildman–Crippen MR) is 75.6 cm³/mol. The highest BCUT2D eigenvalue weighted by Crippen LogP contribution is 2.06. The first-order valence-corrected chi connectivity index (χ1v) is 6.19. The van der Waals surface area contributed by atoms with Crippen molar-refractivity contribution in [1.29, 1.82) is 0 Å². The molecule has 0 aliphatic heterocycles. The molecule has 1 aromatic carbocycles. The van der Waals surface area contributed by atoms with Crippen molar-refractivity contribution in [1.82, 2.24) is 10.6 Å². The van der Waals surface area contributed by atoms with E-state index in [0.29, 0.717) is 12.6 Å². The average molecular weight is 249 g/mol. The minimum Gasteiger partial charge on any atom is -0.380 e. The van der Waals surface area contributed by atoms with Crippen molar-refractivity contribution in [3.63, 3.8) is 0 Å². The Morgan fingerprint density at radius 3 is 2.67 bits per heavy atom. The highest BCUT2D eigenvalue weighted by atomic mass is 16.5. The number of nitrogens with zero attached hydrogens (tertiary/aromatic N) is 1. The Morgan fingerprint density at radius 2 is 2.06 bits per heavy atom. The lowest BCUT2D eigenvalue weighted by Gasteiger charge is -2.14. The van der Waals surface area contributed by atoms with Crippen LogP contribution in [-0.2, 0) is 17.9 Å². The molecule has 0 aliphatic rings. The van der Waals surface area contributed by atoms with E-state index in [0.717, 1.165) is 12.5 Å². The summed E-state index contributed by atoms with van der Waals surface area (Å²) in [5, 5.41) is 6.54. The second kappa shape index (κ2) is 7.71. The Balaban J connectivity index is 2.54. The van der Waals surface area contributed by atoms with Crippen molar-refractivity contribution in [3.8, 4) is 0 Å². The van der Waals surface area contributed by atoms with Gasteiger partial charge in [-0.05, 0) is 25.0 Å². The van der Waals surface area contributed by atoms with Crippen LogP contribution >= 0.6 is 0 Å². The van der Waals surface area contributed by atoms with Gasteiger partial charge in [0.05, 0.1) is 6.61 Å². The first-order chi connectivity index (χ1) is 8.65. The van der Waals surface area contributed by atoms with E-state index in [1.807, 2.05) is 6.07 Å². The Kier molecular flexibility index (Phi) is 6.22. The molecule has 0 bridgehead atoms. The fourth-order valence-electron chi connectivity index (χ4n) is 1.65. The van der Waals surface area contributed by atoms with E-state index in [-0.39, 0.29) is 0 Å². The van der Waals surface area contributed by atoms with Gasteiger partial charge in [-0.1, -0.05) is 24.3 Å². The molecule has 4 heteroatoms. The van der Waals surface area contributed by atoms with Gasteiger partial charge in [-0.3, -0.25) is 4.99 Å². The van der Waals surface area contributed by atoms with Gasteiger partial charge in [0, 0.05) is 26.7 Å². The molecule has 1 aromatic rings. The number of nitrogens with one attached hydrogen (secondary N) is 2. The monoisotopic (exact) mass is 249 g/mol. The van der Waals surface area contributed by atoms with Crippen LogP contribution < -0.4 is 10.6 Å². The zero-order valence-electron chi connectivity index (χ0n) is 11.7. The van der Waals surface area contributed by atoms with Crippen LogP contribution in [0.1, 0.15) is 25.0 Å². The lowest BCUT2D eigenvalue weighted by Crippen LogP contribution is -2.40. The third kappa shape index (κ3) is 5.19. The molecule has 0 saturated heterocycles. The van der Waals surface area contributed by atoms with E-state index in [4.69, 9.17) is 4.74 Å². The van der Waals surface area contributed by atoms with Crippen molar-refractivity contribution >= 4 is 5.96 Å². The van der Waals surface area contributed by atoms with E-state index in [1.165, 1.54) is 11.1 Å². The second-order valence-corrected chi connectivity index (χ2v) is 4.48. The van der Waals surface area contributed by atoms with Crippen LogP contribution in [0.2, 0.25) is 0 Å². The number of hydrogen-bond donors (Lipinski definition) is 2. The SMILES string of the molecule is CN=C(NCc1cccc(COC)c1)NC(C)C. The summed E-state index contributed by atoms with van der Waals surface area (Å²) in [4.78, 5) is 4.17. The summed E-state index contributed by atoms with van der Waals surface area (Å²) < 4.78 is 5.13. The zero-order chi connectivity index (χ0) is 13.4. The molecule has 0 unspecified atom stereocenters. The van der Waals surface area contributed by atoms with E-state index in [9.17, 15) is 0 Å². The number of aliphatic imine (C=N–C) groups is 1. The fraction of sp³-hybridized carbons (Fsp3) is 0.500. The van der Waals surface area contributed by atoms with Gasteiger partial charge in [-0.15, -0.1) is 0 Å². The third-order valence-electron chi connectivity index (χ3n) is 2.41. The molecule has 2 N–H and O–H groups in total. The van der Waals surface area contributed by atoms with Gasteiger partial charge in [-0.2, -0.15) is 0 Å². The summed E-state index contributed by atoms with van der Waals surface area (Å²) >= 11 is 0. The molecule has 0 heterocycles. The van der Waals surface area contributed by atoms with Gasteiger partial charge in [0.25, 0.3) is 0 Å². The molecule has 4 nitrogen and oxygen atoms in total. The fourth-order valence-corrected chi connectivity index (χ4v) is 1.65. The van der Waals surface area contributed by atoms with E-state index < -0.39 is 0 Å². The number of benzene rings is 1. The Morgan fingerprint density at radius 1 is 1.33 bits per heavy atom. The van der Waals surface area contributed by atoms with Crippen LogP contribution in [0.4, 0.5) is 0 Å². The van der Waals surface area contributed by atoms with Gasteiger partial charge in [0.2, 0.25) is 0 Å². The Labute approximate surface area is 109 Å². The lowest BCUT2D eigenvalue weighted by molar-refractivity contribution is 0.185. The van der Waals surface area contributed by atoms with Gasteiger partial charge in [0.1, 0.15) is 0 Å². The molecule has 0 amide bonds. The van der Waals surface area contributed by atoms with Crippen molar-refractivity contribution in [2.75, 3.05) is 14.2 Å². The van der Waals surface area contributed by atoms with Crippen LogP contribution in [0.25, 0.3) is 0 Å². The zero-order valence-corrected chi connectivity index (χ0v) is 11.7. The highest BCUT2D eigenvalue weighted by Gasteiger charge is 2.00. The average Bonchev–Trinajstić information content (AvgIpc) is 2.35. The standard InChI is InChI=1S/C14H23N3O/c1-11(2)17-14(15-3)16-9-12-6-5-7-13(8-12)10-18-4/h5-8,11H,9-10H2,1-4H3,(H2,15,16,17). The summed E-state index contributed by atoms with van der Waals surface area (Å²) in [6.45, 7) is 5.58. The van der Waals surface area contributed by atoms with E-state index in [1.54, 1.807) is 14.2 Å². The largest absolute Gasteiger partial charge is 0.380 e. The van der Waals surface area contributed by atoms with Crippen molar-refractivity contribution in [2.24, 2.45) is 4.99 Å². The molecular weight excluding hydrogens is 226 g/mol. The predicted octanol–water partition coefficient (Wildman–Crippen LogP) is 1.91. The molecule has 0 aliphatic carbocycles. The molecule has 0 aromatic heterocycles. The summed E-state index contributed by atoms with van der Waals surface area (Å²) in [5.41, 5.74) is 2.40. The summed E-state index contributed by atoms with van der Waals surface area (Å²) in [6, 6.07) is 8.71. The van der Waals surface area contributed by atoms with Crippen molar-refractivity contribution in [2.45, 2.75) is 33.0 Å². The number of methoxy groups -OCH3 is 1. The molecule has 0 fully saturated rings. The van der Waals surface area contributed by atoms with E-state index in [2.05, 4.69) is 47.7 Å². The minimum atomic E-state index is 0.371. The van der Waals surface area contributed by atoms with Crippen LogP contribution in [0.15, 0.2) is 29.3 Å². The molecule has 0 atom stereocenters. The molecule has 0 saturated carbocycles. The lowest BCUT2D eigenvalue weighted by atomic mass is 10.1. The van der Waals surface area contributed by atoms with Crippen LogP contribution in [0.3, 0.4) is 0 Å². The maximum absolute atomic E-state index is 5.13. The molecular formula is C14H23N3O. The topological polar surface area (TPSA) is 45.7 Å². The summed E-state index contributed by atoms with van der Waals surface area (Å²) in [5.74, 6) is 0.821. The third-order valence-corrected chi connectivity index (χ3v) is 2.41. The normalized spacial score (nSPS) is 11.7. The van der Waals surface area contributed by atoms with Gasteiger partial charge >= 0.3 is 0 Å². The van der Waals surface area contributed by atoms with Crippen LogP contribution in [0.5, 0.6) is 0 Å². The van der Waals surface area contributed by atoms with Crippen molar-refractivity contribution in [3.05, 3.63) is 35.4 Å². The van der Waals surface area contributed by atoms with Gasteiger partial charge < -0.3 is 15.4 Å². The molecule has 0 spiro atoms. The minimum absolute atomic E-state index is 0.371.